The molecule has 1 heterocycles. The average Bonchev–Trinajstić information content (AvgIpc) is 2.60. The number of para-hydroxylation sites is 1. The van der Waals surface area contributed by atoms with Gasteiger partial charge in [0.15, 0.2) is 11.5 Å². The van der Waals surface area contributed by atoms with Crippen LogP contribution in [0, 0.1) is 6.92 Å². The summed E-state index contributed by atoms with van der Waals surface area (Å²) in [5, 5.41) is 1.12. The molecule has 3 aromatic rings. The molecule has 0 radical (unpaired) electrons. The van der Waals surface area contributed by atoms with E-state index in [-0.39, 0.29) is 0 Å². The van der Waals surface area contributed by atoms with Gasteiger partial charge in [-0.3, -0.25) is 4.98 Å². The van der Waals surface area contributed by atoms with Gasteiger partial charge in [-0.2, -0.15) is 0 Å². The molecule has 3 rings (SSSR count). The fourth-order valence-corrected chi connectivity index (χ4v) is 3.06. The van der Waals surface area contributed by atoms with Gasteiger partial charge in [0.1, 0.15) is 0 Å². The Kier molecular flexibility index (Phi) is 4.67. The third kappa shape index (κ3) is 2.93. The van der Waals surface area contributed by atoms with Gasteiger partial charge in [-0.05, 0) is 60.8 Å². The van der Waals surface area contributed by atoms with Crippen molar-refractivity contribution in [2.75, 3.05) is 20.8 Å². The lowest BCUT2D eigenvalue weighted by Gasteiger charge is -2.16. The third-order valence-electron chi connectivity index (χ3n) is 4.16. The Balaban J connectivity index is 2.32. The van der Waals surface area contributed by atoms with E-state index in [1.165, 1.54) is 0 Å². The molecule has 4 heteroatoms. The number of fused-ring (bicyclic) bond motifs is 1. The summed E-state index contributed by atoms with van der Waals surface area (Å²) >= 11 is 0. The predicted molar refractivity (Wildman–Crippen MR) is 97.8 cm³/mol. The van der Waals surface area contributed by atoms with Crippen molar-refractivity contribution in [1.29, 1.82) is 0 Å². The molecule has 0 aliphatic heterocycles. The van der Waals surface area contributed by atoms with Crippen LogP contribution in [0.5, 0.6) is 11.5 Å². The number of hydrogen-bond acceptors (Lipinski definition) is 4. The summed E-state index contributed by atoms with van der Waals surface area (Å²) in [6.07, 6.45) is 0.769. The lowest BCUT2D eigenvalue weighted by Crippen LogP contribution is -2.05. The number of nitrogens with two attached hydrogens (primary N) is 1. The summed E-state index contributed by atoms with van der Waals surface area (Å²) in [6, 6.07) is 14.3. The van der Waals surface area contributed by atoms with E-state index in [9.17, 15) is 0 Å². The average molecular weight is 322 g/mol. The van der Waals surface area contributed by atoms with Crippen molar-refractivity contribution in [1.82, 2.24) is 4.98 Å². The van der Waals surface area contributed by atoms with E-state index in [0.29, 0.717) is 12.3 Å². The Morgan fingerprint density at radius 2 is 1.67 bits per heavy atom. The monoisotopic (exact) mass is 322 g/mol. The maximum Gasteiger partial charge on any atom is 0.161 e. The molecule has 2 aromatic carbocycles. The largest absolute Gasteiger partial charge is 0.493 e. The lowest BCUT2D eigenvalue weighted by atomic mass is 9.93. The second-order valence-corrected chi connectivity index (χ2v) is 5.73. The van der Waals surface area contributed by atoms with Crippen molar-refractivity contribution in [2.24, 2.45) is 5.73 Å². The molecule has 2 N–H and O–H groups in total. The van der Waals surface area contributed by atoms with E-state index in [0.717, 1.165) is 45.5 Å². The number of aryl methyl sites for hydroxylation is 1. The van der Waals surface area contributed by atoms with Crippen molar-refractivity contribution in [3.63, 3.8) is 0 Å². The minimum atomic E-state index is 0.574. The van der Waals surface area contributed by atoms with Crippen molar-refractivity contribution in [2.45, 2.75) is 13.3 Å². The zero-order valence-electron chi connectivity index (χ0n) is 14.3. The number of pyridine rings is 1. The highest BCUT2D eigenvalue weighted by Crippen LogP contribution is 2.38. The fourth-order valence-electron chi connectivity index (χ4n) is 3.06. The standard InChI is InChI=1S/C20H22N2O2/c1-13-10-17(15-6-4-5-7-18(15)22-13)16-12-20(24-3)19(23-2)11-14(16)8-9-21/h4-7,10-12H,8-9,21H2,1-3H3. The van der Waals surface area contributed by atoms with Crippen LogP contribution in [0.25, 0.3) is 22.0 Å². The van der Waals surface area contributed by atoms with Gasteiger partial charge in [-0.15, -0.1) is 0 Å². The highest BCUT2D eigenvalue weighted by molar-refractivity contribution is 5.96. The summed E-state index contributed by atoms with van der Waals surface area (Å²) in [5.74, 6) is 1.44. The van der Waals surface area contributed by atoms with Crippen LogP contribution in [0.2, 0.25) is 0 Å². The van der Waals surface area contributed by atoms with Gasteiger partial charge in [0.2, 0.25) is 0 Å². The SMILES string of the molecule is COc1cc(CCN)c(-c2cc(C)nc3ccccc23)cc1OC. The Hall–Kier alpha value is -2.59. The first-order valence-electron chi connectivity index (χ1n) is 7.99. The van der Waals surface area contributed by atoms with E-state index >= 15 is 0 Å². The molecule has 0 saturated heterocycles. The first kappa shape index (κ1) is 16.3. The van der Waals surface area contributed by atoms with Gasteiger partial charge in [-0.1, -0.05) is 18.2 Å². The highest BCUT2D eigenvalue weighted by Gasteiger charge is 2.15. The van der Waals surface area contributed by atoms with Crippen LogP contribution >= 0.6 is 0 Å². The minimum Gasteiger partial charge on any atom is -0.493 e. The molecule has 0 unspecified atom stereocenters. The van der Waals surface area contributed by atoms with Crippen LogP contribution in [0.15, 0.2) is 42.5 Å². The summed E-state index contributed by atoms with van der Waals surface area (Å²) in [5.41, 5.74) is 11.2. The van der Waals surface area contributed by atoms with Crippen LogP contribution in [0.4, 0.5) is 0 Å². The number of hydrogen-bond donors (Lipinski definition) is 1. The zero-order chi connectivity index (χ0) is 17.1. The molecular weight excluding hydrogens is 300 g/mol. The van der Waals surface area contributed by atoms with Crippen molar-refractivity contribution >= 4 is 10.9 Å². The van der Waals surface area contributed by atoms with Crippen molar-refractivity contribution in [3.8, 4) is 22.6 Å². The number of ether oxygens (including phenoxy) is 2. The van der Waals surface area contributed by atoms with Gasteiger partial charge in [0, 0.05) is 11.1 Å². The molecule has 24 heavy (non-hydrogen) atoms. The summed E-state index contributed by atoms with van der Waals surface area (Å²) < 4.78 is 10.9. The topological polar surface area (TPSA) is 57.4 Å². The van der Waals surface area contributed by atoms with E-state index in [4.69, 9.17) is 15.2 Å². The molecular formula is C20H22N2O2. The summed E-state index contributed by atoms with van der Waals surface area (Å²) in [4.78, 5) is 4.63. The second kappa shape index (κ2) is 6.89. The van der Waals surface area contributed by atoms with Gasteiger partial charge in [0.25, 0.3) is 0 Å². The van der Waals surface area contributed by atoms with Crippen molar-refractivity contribution < 1.29 is 9.47 Å². The molecule has 0 fully saturated rings. The Morgan fingerprint density at radius 1 is 0.958 bits per heavy atom. The van der Waals surface area contributed by atoms with E-state index < -0.39 is 0 Å². The van der Waals surface area contributed by atoms with E-state index in [1.54, 1.807) is 14.2 Å². The Bertz CT molecular complexity index is 875. The predicted octanol–water partition coefficient (Wildman–Crippen LogP) is 3.73. The molecule has 4 nitrogen and oxygen atoms in total. The molecule has 0 aliphatic rings. The fraction of sp³-hybridized carbons (Fsp3) is 0.250. The molecule has 0 amide bonds. The van der Waals surface area contributed by atoms with Gasteiger partial charge in [0.05, 0.1) is 19.7 Å². The summed E-state index contributed by atoms with van der Waals surface area (Å²) in [6.45, 7) is 2.59. The van der Waals surface area contributed by atoms with Gasteiger partial charge < -0.3 is 15.2 Å². The van der Waals surface area contributed by atoms with E-state index in [2.05, 4.69) is 17.1 Å². The number of benzene rings is 2. The first-order valence-corrected chi connectivity index (χ1v) is 7.99. The summed E-state index contributed by atoms with van der Waals surface area (Å²) in [7, 11) is 3.30. The quantitative estimate of drug-likeness (QED) is 0.777. The maximum atomic E-state index is 5.83. The normalized spacial score (nSPS) is 10.8. The number of aromatic nitrogens is 1. The Morgan fingerprint density at radius 3 is 2.38 bits per heavy atom. The highest BCUT2D eigenvalue weighted by atomic mass is 16.5. The van der Waals surface area contributed by atoms with E-state index in [1.807, 2.05) is 37.3 Å². The molecule has 0 spiro atoms. The van der Waals surface area contributed by atoms with Gasteiger partial charge >= 0.3 is 0 Å². The smallest absolute Gasteiger partial charge is 0.161 e. The lowest BCUT2D eigenvalue weighted by molar-refractivity contribution is 0.354. The molecule has 0 atom stereocenters. The van der Waals surface area contributed by atoms with Crippen LogP contribution in [-0.2, 0) is 6.42 Å². The number of rotatable bonds is 5. The van der Waals surface area contributed by atoms with Crippen molar-refractivity contribution in [3.05, 3.63) is 53.7 Å². The van der Waals surface area contributed by atoms with Crippen LogP contribution in [0.1, 0.15) is 11.3 Å². The van der Waals surface area contributed by atoms with Gasteiger partial charge in [-0.25, -0.2) is 0 Å². The third-order valence-corrected chi connectivity index (χ3v) is 4.16. The minimum absolute atomic E-state index is 0.574. The van der Waals surface area contributed by atoms with Crippen LogP contribution in [-0.4, -0.2) is 25.7 Å². The molecule has 0 saturated carbocycles. The maximum absolute atomic E-state index is 5.83. The molecule has 0 bridgehead atoms. The molecule has 1 aromatic heterocycles. The first-order chi connectivity index (χ1) is 11.7. The Labute approximate surface area is 142 Å². The zero-order valence-corrected chi connectivity index (χ0v) is 14.3. The molecule has 124 valence electrons. The van der Waals surface area contributed by atoms with Crippen LogP contribution in [0.3, 0.4) is 0 Å². The second-order valence-electron chi connectivity index (χ2n) is 5.73. The number of methoxy groups -OCH3 is 2. The van der Waals surface area contributed by atoms with Crippen LogP contribution < -0.4 is 15.2 Å². The molecule has 0 aliphatic carbocycles. The number of nitrogens with zero attached hydrogens (tertiary/aromatic N) is 1.